The minimum absolute atomic E-state index is 0.0313. The van der Waals surface area contributed by atoms with Crippen LogP contribution in [0.5, 0.6) is 5.75 Å². The maximum Gasteiger partial charge on any atom is 0.269 e. The number of nitrogens with one attached hydrogen (secondary N) is 2. The van der Waals surface area contributed by atoms with E-state index in [0.717, 1.165) is 5.56 Å². The molecule has 3 rings (SSSR count). The van der Waals surface area contributed by atoms with E-state index in [1.165, 1.54) is 48.8 Å². The molecule has 3 aromatic rings. The van der Waals surface area contributed by atoms with Gasteiger partial charge in [0.15, 0.2) is 0 Å². The lowest BCUT2D eigenvalue weighted by Gasteiger charge is -2.32. The number of aliphatic hydroxyl groups is 1. The lowest BCUT2D eigenvalue weighted by molar-refractivity contribution is -0.138. The first kappa shape index (κ1) is 24.9. The fourth-order valence-electron chi connectivity index (χ4n) is 3.18. The van der Waals surface area contributed by atoms with E-state index in [4.69, 9.17) is 10.9 Å². The molecule has 176 valence electrons. The standard InChI is InChI=1S/C27H23N3O5/c1-27(34,21-12-16-23(31)17-13-21)24(26(33)30-35)29-25(32)20-10-6-18(7-11-20)4-2-3-5-19-8-14-22(28)15-9-19/h6-17,24,31,34-35H,28H2,1H3,(H,29,32)(H,30,33)/t24-,27-/m1/s1. The van der Waals surface area contributed by atoms with Crippen molar-refractivity contribution in [2.75, 3.05) is 5.73 Å². The third-order valence-electron chi connectivity index (χ3n) is 5.20. The van der Waals surface area contributed by atoms with Crippen LogP contribution in [-0.2, 0) is 10.4 Å². The zero-order valence-electron chi connectivity index (χ0n) is 18.7. The Morgan fingerprint density at radius 3 is 1.91 bits per heavy atom. The molecule has 0 spiro atoms. The molecule has 0 aromatic heterocycles. The van der Waals surface area contributed by atoms with Gasteiger partial charge in [-0.1, -0.05) is 24.0 Å². The van der Waals surface area contributed by atoms with Crippen molar-refractivity contribution < 1.29 is 25.0 Å². The van der Waals surface area contributed by atoms with Crippen molar-refractivity contribution in [1.82, 2.24) is 10.8 Å². The molecule has 0 heterocycles. The smallest absolute Gasteiger partial charge is 0.269 e. The zero-order valence-corrected chi connectivity index (χ0v) is 18.7. The molecular weight excluding hydrogens is 446 g/mol. The van der Waals surface area contributed by atoms with E-state index >= 15 is 0 Å². The lowest BCUT2D eigenvalue weighted by atomic mass is 9.87. The largest absolute Gasteiger partial charge is 0.508 e. The molecule has 0 radical (unpaired) electrons. The summed E-state index contributed by atoms with van der Waals surface area (Å²) in [5.41, 5.74) is 7.71. The fourth-order valence-corrected chi connectivity index (χ4v) is 3.18. The number of phenols is 1. The van der Waals surface area contributed by atoms with Gasteiger partial charge >= 0.3 is 0 Å². The van der Waals surface area contributed by atoms with Crippen LogP contribution in [0.4, 0.5) is 5.69 Å². The van der Waals surface area contributed by atoms with E-state index < -0.39 is 23.5 Å². The van der Waals surface area contributed by atoms with Gasteiger partial charge < -0.3 is 21.3 Å². The minimum atomic E-state index is -1.90. The molecule has 0 fully saturated rings. The first-order chi connectivity index (χ1) is 16.7. The van der Waals surface area contributed by atoms with E-state index in [1.54, 1.807) is 36.4 Å². The Morgan fingerprint density at radius 1 is 0.886 bits per heavy atom. The van der Waals surface area contributed by atoms with Crippen LogP contribution < -0.4 is 16.5 Å². The van der Waals surface area contributed by atoms with E-state index in [-0.39, 0.29) is 16.9 Å². The first-order valence-electron chi connectivity index (χ1n) is 10.4. The first-order valence-corrected chi connectivity index (χ1v) is 10.4. The second-order valence-electron chi connectivity index (χ2n) is 7.78. The van der Waals surface area contributed by atoms with E-state index in [1.807, 2.05) is 0 Å². The van der Waals surface area contributed by atoms with Crippen LogP contribution in [0, 0.1) is 23.7 Å². The maximum absolute atomic E-state index is 12.8. The summed E-state index contributed by atoms with van der Waals surface area (Å²) in [7, 11) is 0. The Morgan fingerprint density at radius 2 is 1.40 bits per heavy atom. The molecule has 0 saturated carbocycles. The highest BCUT2D eigenvalue weighted by Crippen LogP contribution is 2.27. The highest BCUT2D eigenvalue weighted by atomic mass is 16.5. The molecule has 8 heteroatoms. The molecule has 7 N–H and O–H groups in total. The second kappa shape index (κ2) is 10.9. The SMILES string of the molecule is C[C@@](O)(c1ccc(O)cc1)[C@H](NC(=O)c1ccc(C#CC#Cc2ccc(N)cc2)cc1)C(=O)NO. The van der Waals surface area contributed by atoms with Crippen LogP contribution in [0.2, 0.25) is 0 Å². The third-order valence-corrected chi connectivity index (χ3v) is 5.20. The highest BCUT2D eigenvalue weighted by Gasteiger charge is 2.40. The van der Waals surface area contributed by atoms with E-state index in [9.17, 15) is 19.8 Å². The van der Waals surface area contributed by atoms with Crippen LogP contribution >= 0.6 is 0 Å². The molecule has 0 aliphatic rings. The van der Waals surface area contributed by atoms with Gasteiger partial charge in [0.25, 0.3) is 11.8 Å². The summed E-state index contributed by atoms with van der Waals surface area (Å²) in [6.07, 6.45) is 0. The second-order valence-corrected chi connectivity index (χ2v) is 7.78. The molecule has 2 atom stereocenters. The predicted molar refractivity (Wildman–Crippen MR) is 130 cm³/mol. The number of hydrogen-bond donors (Lipinski definition) is 6. The maximum atomic E-state index is 12.8. The van der Waals surface area contributed by atoms with Crippen molar-refractivity contribution in [2.45, 2.75) is 18.6 Å². The van der Waals surface area contributed by atoms with Gasteiger partial charge in [-0.05, 0) is 85.0 Å². The number of carbonyl (C=O) groups excluding carboxylic acids is 2. The number of nitrogen functional groups attached to an aromatic ring is 1. The summed E-state index contributed by atoms with van der Waals surface area (Å²) in [5.74, 6) is 9.56. The topological polar surface area (TPSA) is 145 Å². The molecule has 0 unspecified atom stereocenters. The van der Waals surface area contributed by atoms with Crippen LogP contribution in [0.15, 0.2) is 72.8 Å². The van der Waals surface area contributed by atoms with E-state index in [0.29, 0.717) is 11.3 Å². The van der Waals surface area contributed by atoms with Crippen LogP contribution in [0.25, 0.3) is 0 Å². The van der Waals surface area contributed by atoms with Gasteiger partial charge in [-0.3, -0.25) is 14.8 Å². The minimum Gasteiger partial charge on any atom is -0.508 e. The van der Waals surface area contributed by atoms with Gasteiger partial charge in [0, 0.05) is 22.4 Å². The van der Waals surface area contributed by atoms with Crippen molar-refractivity contribution >= 4 is 17.5 Å². The summed E-state index contributed by atoms with van der Waals surface area (Å²) >= 11 is 0. The Bertz CT molecular complexity index is 1320. The lowest BCUT2D eigenvalue weighted by Crippen LogP contribution is -2.57. The number of carbonyl (C=O) groups is 2. The van der Waals surface area contributed by atoms with Gasteiger partial charge in [-0.15, -0.1) is 0 Å². The van der Waals surface area contributed by atoms with Gasteiger partial charge in [0.2, 0.25) is 0 Å². The summed E-state index contributed by atoms with van der Waals surface area (Å²) in [6, 6.07) is 17.3. The monoisotopic (exact) mass is 469 g/mol. The molecule has 2 amide bonds. The fraction of sp³-hybridized carbons (Fsp3) is 0.111. The number of benzene rings is 3. The Kier molecular flexibility index (Phi) is 7.75. The van der Waals surface area contributed by atoms with Gasteiger partial charge in [0.05, 0.1) is 0 Å². The van der Waals surface area contributed by atoms with Crippen molar-refractivity contribution in [2.24, 2.45) is 0 Å². The number of aromatic hydroxyl groups is 1. The van der Waals surface area contributed by atoms with Crippen LogP contribution in [0.3, 0.4) is 0 Å². The quantitative estimate of drug-likeness (QED) is 0.146. The molecule has 35 heavy (non-hydrogen) atoms. The van der Waals surface area contributed by atoms with Crippen LogP contribution in [-0.4, -0.2) is 33.3 Å². The van der Waals surface area contributed by atoms with Crippen molar-refractivity contribution in [3.05, 3.63) is 95.1 Å². The molecule has 8 nitrogen and oxygen atoms in total. The Hall–Kier alpha value is -4.76. The van der Waals surface area contributed by atoms with Crippen molar-refractivity contribution in [3.63, 3.8) is 0 Å². The van der Waals surface area contributed by atoms with Crippen molar-refractivity contribution in [1.29, 1.82) is 0 Å². The molecule has 0 aliphatic heterocycles. The van der Waals surface area contributed by atoms with E-state index in [2.05, 4.69) is 29.0 Å². The van der Waals surface area contributed by atoms with Crippen molar-refractivity contribution in [3.8, 4) is 29.4 Å². The number of phenolic OH excluding ortho intramolecular Hbond substituents is 1. The number of amides is 2. The van der Waals surface area contributed by atoms with Gasteiger partial charge in [-0.25, -0.2) is 5.48 Å². The average molecular weight is 469 g/mol. The van der Waals surface area contributed by atoms with Gasteiger partial charge in [-0.2, -0.15) is 0 Å². The summed E-state index contributed by atoms with van der Waals surface area (Å²) in [6.45, 7) is 1.31. The van der Waals surface area contributed by atoms with Crippen LogP contribution in [0.1, 0.15) is 34.0 Å². The number of rotatable bonds is 5. The molecular formula is C27H23N3O5. The summed E-state index contributed by atoms with van der Waals surface area (Å²) < 4.78 is 0. The highest BCUT2D eigenvalue weighted by molar-refractivity contribution is 5.98. The zero-order chi connectivity index (χ0) is 25.4. The van der Waals surface area contributed by atoms with Gasteiger partial charge in [0.1, 0.15) is 17.4 Å². The molecule has 0 bridgehead atoms. The third kappa shape index (κ3) is 6.40. The molecule has 3 aromatic carbocycles. The Labute approximate surface area is 202 Å². The molecule has 0 aliphatic carbocycles. The summed E-state index contributed by atoms with van der Waals surface area (Å²) in [4.78, 5) is 25.0. The summed E-state index contributed by atoms with van der Waals surface area (Å²) in [5, 5.41) is 32.0. The number of hydroxylamine groups is 1. The number of hydrogen-bond acceptors (Lipinski definition) is 6. The number of nitrogens with two attached hydrogens (primary N) is 1. The average Bonchev–Trinajstić information content (AvgIpc) is 2.86. The molecule has 0 saturated heterocycles. The Balaban J connectivity index is 1.73. The number of anilines is 1. The normalized spacial score (nSPS) is 12.5. The predicted octanol–water partition coefficient (Wildman–Crippen LogP) is 1.89.